The number of carbonyl (C=O) groups is 1. The molecule has 3 heterocycles. The number of rotatable bonds is 5. The molecule has 2 saturated heterocycles. The Morgan fingerprint density at radius 2 is 1.96 bits per heavy atom. The molecule has 126 valence electrons. The van der Waals surface area contributed by atoms with Gasteiger partial charge in [-0.25, -0.2) is 0 Å². The molecule has 0 bridgehead atoms. The molecular weight excluding hydrogens is 315 g/mol. The number of nitrogens with zero attached hydrogens (tertiary/aromatic N) is 4. The molecule has 1 unspecified atom stereocenters. The quantitative estimate of drug-likeness (QED) is 0.826. The highest BCUT2D eigenvalue weighted by molar-refractivity contribution is 7.11. The zero-order valence-corrected chi connectivity index (χ0v) is 14.1. The molecule has 1 aromatic heterocycles. The second-order valence-electron chi connectivity index (χ2n) is 7.09. The van der Waals surface area contributed by atoms with Crippen LogP contribution in [0.2, 0.25) is 0 Å². The third-order valence-corrected chi connectivity index (χ3v) is 6.29. The minimum Gasteiger partial charge on any atom is -0.339 e. The van der Waals surface area contributed by atoms with Gasteiger partial charge in [0.1, 0.15) is 10.0 Å². The number of halogens is 1. The van der Waals surface area contributed by atoms with Gasteiger partial charge in [-0.3, -0.25) is 14.1 Å². The fraction of sp³-hybridized carbons (Fsp3) is 0.812. The minimum absolute atomic E-state index is 0.0808. The van der Waals surface area contributed by atoms with E-state index in [-0.39, 0.29) is 18.5 Å². The normalized spacial score (nSPS) is 27.1. The number of carbonyl (C=O) groups excluding carboxylic acids is 1. The van der Waals surface area contributed by atoms with Gasteiger partial charge >= 0.3 is 0 Å². The largest absolute Gasteiger partial charge is 0.339 e. The van der Waals surface area contributed by atoms with E-state index in [4.69, 9.17) is 0 Å². The van der Waals surface area contributed by atoms with Crippen molar-refractivity contribution in [3.63, 3.8) is 0 Å². The Labute approximate surface area is 139 Å². The number of hydrogen-bond donors (Lipinski definition) is 0. The van der Waals surface area contributed by atoms with Crippen molar-refractivity contribution < 1.29 is 9.18 Å². The maximum atomic E-state index is 12.8. The Bertz CT molecular complexity index is 568. The van der Waals surface area contributed by atoms with E-state index in [1.165, 1.54) is 17.8 Å². The lowest BCUT2D eigenvalue weighted by atomic mass is 10.0. The average Bonchev–Trinajstić information content (AvgIpc) is 3.20. The van der Waals surface area contributed by atoms with E-state index in [1.807, 2.05) is 4.90 Å². The van der Waals surface area contributed by atoms with Gasteiger partial charge in [-0.15, -0.1) is 10.2 Å². The molecule has 0 spiro atoms. The molecular formula is C16H23FN4OS. The van der Waals surface area contributed by atoms with E-state index >= 15 is 0 Å². The van der Waals surface area contributed by atoms with Crippen LogP contribution in [0.4, 0.5) is 4.39 Å². The van der Waals surface area contributed by atoms with Gasteiger partial charge in [0.25, 0.3) is 0 Å². The molecule has 3 aliphatic rings. The Morgan fingerprint density at radius 1 is 1.17 bits per heavy atom. The van der Waals surface area contributed by atoms with E-state index in [2.05, 4.69) is 15.1 Å². The lowest BCUT2D eigenvalue weighted by Gasteiger charge is -2.36. The van der Waals surface area contributed by atoms with E-state index < -0.39 is 0 Å². The number of amides is 1. The van der Waals surface area contributed by atoms with Gasteiger partial charge in [-0.2, -0.15) is 0 Å². The first-order valence-corrected chi connectivity index (χ1v) is 9.44. The van der Waals surface area contributed by atoms with Crippen molar-refractivity contribution in [2.45, 2.75) is 50.6 Å². The number of hydrogen-bond acceptors (Lipinski definition) is 5. The Kier molecular flexibility index (Phi) is 4.32. The Hall–Kier alpha value is -1.08. The molecule has 2 aliphatic heterocycles. The van der Waals surface area contributed by atoms with Crippen molar-refractivity contribution in [1.29, 1.82) is 0 Å². The smallest absolute Gasteiger partial charge is 0.223 e. The van der Waals surface area contributed by atoms with Crippen molar-refractivity contribution in [1.82, 2.24) is 20.0 Å². The lowest BCUT2D eigenvalue weighted by Crippen LogP contribution is -2.45. The zero-order valence-electron chi connectivity index (χ0n) is 13.3. The van der Waals surface area contributed by atoms with Crippen molar-refractivity contribution in [2.24, 2.45) is 5.92 Å². The minimum atomic E-state index is -0.374. The van der Waals surface area contributed by atoms with E-state index in [0.29, 0.717) is 24.9 Å². The van der Waals surface area contributed by atoms with E-state index in [0.717, 1.165) is 37.5 Å². The fourth-order valence-corrected chi connectivity index (χ4v) is 4.73. The van der Waals surface area contributed by atoms with E-state index in [1.54, 1.807) is 11.3 Å². The first-order valence-electron chi connectivity index (χ1n) is 8.63. The molecule has 0 N–H and O–H groups in total. The molecule has 3 fully saturated rings. The monoisotopic (exact) mass is 338 g/mol. The SMILES string of the molecule is O=C1CC(CF)CN1C1CCN(Cc2nnc(C3CC3)s2)CC1. The molecule has 1 aliphatic carbocycles. The van der Waals surface area contributed by atoms with Crippen molar-refractivity contribution in [2.75, 3.05) is 26.3 Å². The third kappa shape index (κ3) is 3.40. The zero-order chi connectivity index (χ0) is 15.8. The summed E-state index contributed by atoms with van der Waals surface area (Å²) < 4.78 is 12.8. The van der Waals surface area contributed by atoms with Crippen LogP contribution in [-0.4, -0.2) is 58.3 Å². The Morgan fingerprint density at radius 3 is 2.61 bits per heavy atom. The van der Waals surface area contributed by atoms with Crippen LogP contribution in [0.25, 0.3) is 0 Å². The predicted octanol–water partition coefficient (Wildman–Crippen LogP) is 2.20. The highest BCUT2D eigenvalue weighted by Gasteiger charge is 2.36. The summed E-state index contributed by atoms with van der Waals surface area (Å²) in [6.07, 6.45) is 4.90. The van der Waals surface area contributed by atoms with Crippen LogP contribution in [0.1, 0.15) is 48.0 Å². The van der Waals surface area contributed by atoms with Crippen molar-refractivity contribution in [3.05, 3.63) is 10.0 Å². The van der Waals surface area contributed by atoms with Crippen LogP contribution < -0.4 is 0 Å². The van der Waals surface area contributed by atoms with Crippen molar-refractivity contribution in [3.8, 4) is 0 Å². The Balaban J connectivity index is 1.28. The molecule has 1 saturated carbocycles. The van der Waals surface area contributed by atoms with Gasteiger partial charge < -0.3 is 4.90 Å². The molecule has 7 heteroatoms. The molecule has 1 aromatic rings. The summed E-state index contributed by atoms with van der Waals surface area (Å²) in [6, 6.07) is 0.298. The van der Waals surface area contributed by atoms with Crippen LogP contribution >= 0.6 is 11.3 Å². The molecule has 1 atom stereocenters. The second kappa shape index (κ2) is 6.43. The van der Waals surface area contributed by atoms with Gasteiger partial charge in [-0.1, -0.05) is 11.3 Å². The standard InChI is InChI=1S/C16H23FN4OS/c17-8-11-7-15(22)21(9-11)13-3-5-20(6-4-13)10-14-18-19-16(23-14)12-1-2-12/h11-13H,1-10H2. The average molecular weight is 338 g/mol. The predicted molar refractivity (Wildman–Crippen MR) is 86.0 cm³/mol. The van der Waals surface area contributed by atoms with Gasteiger partial charge in [0.15, 0.2) is 0 Å². The van der Waals surface area contributed by atoms with Gasteiger partial charge in [-0.05, 0) is 25.7 Å². The summed E-state index contributed by atoms with van der Waals surface area (Å²) >= 11 is 1.76. The van der Waals surface area contributed by atoms with Crippen molar-refractivity contribution >= 4 is 17.2 Å². The van der Waals surface area contributed by atoms with E-state index in [9.17, 15) is 9.18 Å². The summed E-state index contributed by atoms with van der Waals surface area (Å²) in [5.74, 6) is 0.740. The van der Waals surface area contributed by atoms with Gasteiger partial charge in [0, 0.05) is 43.9 Å². The first-order chi connectivity index (χ1) is 11.2. The van der Waals surface area contributed by atoms with Crippen LogP contribution in [0, 0.1) is 5.92 Å². The molecule has 23 heavy (non-hydrogen) atoms. The second-order valence-corrected chi connectivity index (χ2v) is 8.18. The van der Waals surface area contributed by atoms with Gasteiger partial charge in [0.05, 0.1) is 13.2 Å². The van der Waals surface area contributed by atoms with Crippen LogP contribution in [0.5, 0.6) is 0 Å². The summed E-state index contributed by atoms with van der Waals surface area (Å²) in [7, 11) is 0. The first kappa shape index (κ1) is 15.4. The van der Waals surface area contributed by atoms with Crippen LogP contribution in [0.15, 0.2) is 0 Å². The van der Waals surface area contributed by atoms with Crippen LogP contribution in [0.3, 0.4) is 0 Å². The van der Waals surface area contributed by atoms with Gasteiger partial charge in [0.2, 0.25) is 5.91 Å². The topological polar surface area (TPSA) is 49.3 Å². The highest BCUT2D eigenvalue weighted by Crippen LogP contribution is 2.41. The number of alkyl halides is 1. The maximum absolute atomic E-state index is 12.8. The number of likely N-dealkylation sites (tertiary alicyclic amines) is 2. The highest BCUT2D eigenvalue weighted by atomic mass is 32.1. The van der Waals surface area contributed by atoms with Crippen LogP contribution in [-0.2, 0) is 11.3 Å². The summed E-state index contributed by atoms with van der Waals surface area (Å²) in [5, 5.41) is 10.9. The number of piperidine rings is 1. The molecule has 4 rings (SSSR count). The summed E-state index contributed by atoms with van der Waals surface area (Å²) in [4.78, 5) is 16.3. The number of aromatic nitrogens is 2. The molecule has 5 nitrogen and oxygen atoms in total. The summed E-state index contributed by atoms with van der Waals surface area (Å²) in [5.41, 5.74) is 0. The molecule has 0 aromatic carbocycles. The molecule has 0 radical (unpaired) electrons. The maximum Gasteiger partial charge on any atom is 0.223 e. The lowest BCUT2D eigenvalue weighted by molar-refractivity contribution is -0.130. The fourth-order valence-electron chi connectivity index (χ4n) is 3.67. The molecule has 1 amide bonds. The third-order valence-electron chi connectivity index (χ3n) is 5.22. The summed E-state index contributed by atoms with van der Waals surface area (Å²) in [6.45, 7) is 3.07.